The number of anilines is 3. The van der Waals surface area contributed by atoms with Crippen LogP contribution >= 0.6 is 0 Å². The maximum Gasteiger partial charge on any atom is 0.332 e. The van der Waals surface area contributed by atoms with E-state index in [-0.39, 0.29) is 23.1 Å². The van der Waals surface area contributed by atoms with Crippen molar-refractivity contribution in [1.29, 1.82) is 0 Å². The Kier molecular flexibility index (Phi) is 3.74. The number of nitrogens with zero attached hydrogens (tertiary/aromatic N) is 3. The van der Waals surface area contributed by atoms with Crippen LogP contribution in [0.2, 0.25) is 0 Å². The monoisotopic (exact) mass is 277 g/mol. The maximum absolute atomic E-state index is 13.1. The van der Waals surface area contributed by atoms with Crippen molar-refractivity contribution < 1.29 is 9.31 Å². The molecule has 1 heterocycles. The molecule has 0 radical (unpaired) electrons. The summed E-state index contributed by atoms with van der Waals surface area (Å²) in [6.07, 6.45) is 0. The molecule has 0 saturated carbocycles. The average Bonchev–Trinajstić information content (AvgIpc) is 2.37. The lowest BCUT2D eigenvalue weighted by molar-refractivity contribution is -0.385. The van der Waals surface area contributed by atoms with Crippen molar-refractivity contribution in [3.8, 4) is 0 Å². The summed E-state index contributed by atoms with van der Waals surface area (Å²) in [6, 6.07) is 5.59. The van der Waals surface area contributed by atoms with E-state index in [0.29, 0.717) is 5.69 Å². The van der Waals surface area contributed by atoms with Crippen molar-refractivity contribution in [2.75, 3.05) is 17.7 Å². The lowest BCUT2D eigenvalue weighted by atomic mass is 10.3. The highest BCUT2D eigenvalue weighted by molar-refractivity contribution is 5.68. The number of rotatable bonds is 4. The summed E-state index contributed by atoms with van der Waals surface area (Å²) in [5, 5.41) is 16.5. The topological polar surface area (TPSA) is 93.0 Å². The Labute approximate surface area is 114 Å². The van der Waals surface area contributed by atoms with Crippen molar-refractivity contribution in [3.63, 3.8) is 0 Å². The van der Waals surface area contributed by atoms with Crippen molar-refractivity contribution in [1.82, 2.24) is 9.97 Å². The van der Waals surface area contributed by atoms with E-state index in [0.717, 1.165) is 0 Å². The highest BCUT2D eigenvalue weighted by atomic mass is 19.1. The molecule has 20 heavy (non-hydrogen) atoms. The molecule has 104 valence electrons. The molecule has 0 aliphatic rings. The van der Waals surface area contributed by atoms with E-state index < -0.39 is 10.7 Å². The summed E-state index contributed by atoms with van der Waals surface area (Å²) >= 11 is 0. The van der Waals surface area contributed by atoms with Gasteiger partial charge in [-0.25, -0.2) is 9.37 Å². The zero-order valence-corrected chi connectivity index (χ0v) is 10.8. The normalized spacial score (nSPS) is 10.2. The molecule has 0 aliphatic heterocycles. The van der Waals surface area contributed by atoms with E-state index in [9.17, 15) is 14.5 Å². The molecule has 1 aromatic heterocycles. The highest BCUT2D eigenvalue weighted by Crippen LogP contribution is 2.29. The van der Waals surface area contributed by atoms with Gasteiger partial charge >= 0.3 is 5.69 Å². The van der Waals surface area contributed by atoms with Crippen LogP contribution in [-0.2, 0) is 0 Å². The first-order valence-corrected chi connectivity index (χ1v) is 5.74. The van der Waals surface area contributed by atoms with Gasteiger partial charge in [0, 0.05) is 12.7 Å². The Hall–Kier alpha value is -2.77. The minimum atomic E-state index is -0.573. The van der Waals surface area contributed by atoms with E-state index >= 15 is 0 Å². The quantitative estimate of drug-likeness (QED) is 0.659. The van der Waals surface area contributed by atoms with Crippen LogP contribution in [0.5, 0.6) is 0 Å². The Bertz CT molecular complexity index is 662. The summed E-state index contributed by atoms with van der Waals surface area (Å²) in [7, 11) is 1.60. The number of aromatic nitrogens is 2. The molecule has 0 fully saturated rings. The van der Waals surface area contributed by atoms with Crippen molar-refractivity contribution in [2.45, 2.75) is 6.92 Å². The number of aryl methyl sites for hydroxylation is 1. The Morgan fingerprint density at radius 2 is 2.10 bits per heavy atom. The summed E-state index contributed by atoms with van der Waals surface area (Å²) in [5.74, 6) is -0.193. The molecular formula is C12H12FN5O2. The molecule has 0 aliphatic carbocycles. The van der Waals surface area contributed by atoms with Crippen LogP contribution in [0, 0.1) is 22.9 Å². The third-order valence-electron chi connectivity index (χ3n) is 2.55. The molecule has 1 aromatic carbocycles. The second kappa shape index (κ2) is 5.47. The molecule has 0 bridgehead atoms. The largest absolute Gasteiger partial charge is 0.357 e. The van der Waals surface area contributed by atoms with Gasteiger partial charge in [-0.2, -0.15) is 4.98 Å². The predicted molar refractivity (Wildman–Crippen MR) is 72.7 cm³/mol. The molecule has 2 aromatic rings. The highest BCUT2D eigenvalue weighted by Gasteiger charge is 2.22. The van der Waals surface area contributed by atoms with E-state index in [1.165, 1.54) is 25.1 Å². The first kappa shape index (κ1) is 13.7. The van der Waals surface area contributed by atoms with E-state index in [1.807, 2.05) is 0 Å². The zero-order valence-electron chi connectivity index (χ0n) is 10.8. The van der Waals surface area contributed by atoms with Gasteiger partial charge in [-0.15, -0.1) is 0 Å². The van der Waals surface area contributed by atoms with Crippen LogP contribution in [0.4, 0.5) is 27.5 Å². The second-order valence-corrected chi connectivity index (χ2v) is 3.97. The van der Waals surface area contributed by atoms with Crippen LogP contribution in [0.1, 0.15) is 5.69 Å². The van der Waals surface area contributed by atoms with Gasteiger partial charge < -0.3 is 10.6 Å². The minimum absolute atomic E-state index is 0.0115. The molecule has 7 nitrogen and oxygen atoms in total. The first-order chi connectivity index (χ1) is 9.51. The summed E-state index contributed by atoms with van der Waals surface area (Å²) < 4.78 is 13.1. The number of benzene rings is 1. The lowest BCUT2D eigenvalue weighted by Crippen LogP contribution is -2.07. The summed E-state index contributed by atoms with van der Waals surface area (Å²) in [5.41, 5.74) is 0.342. The standard InChI is InChI=1S/C12H12FN5O2/c1-7-10(18(19)20)11(17-12(14-2)15-7)16-9-5-3-4-8(13)6-9/h3-6H,1-2H3,(H2,14,15,16,17). The van der Waals surface area contributed by atoms with Crippen LogP contribution in [0.15, 0.2) is 24.3 Å². The maximum atomic E-state index is 13.1. The SMILES string of the molecule is CNc1nc(C)c([N+](=O)[O-])c(Nc2cccc(F)c2)n1. The van der Waals surface area contributed by atoms with E-state index in [2.05, 4.69) is 20.6 Å². The molecule has 0 amide bonds. The Morgan fingerprint density at radius 3 is 2.70 bits per heavy atom. The number of hydrogen-bond acceptors (Lipinski definition) is 6. The third-order valence-corrected chi connectivity index (χ3v) is 2.55. The van der Waals surface area contributed by atoms with Crippen molar-refractivity contribution in [2.24, 2.45) is 0 Å². The molecule has 2 N–H and O–H groups in total. The lowest BCUT2D eigenvalue weighted by Gasteiger charge is -2.09. The molecular weight excluding hydrogens is 265 g/mol. The van der Waals surface area contributed by atoms with Gasteiger partial charge in [0.1, 0.15) is 11.5 Å². The van der Waals surface area contributed by atoms with Gasteiger partial charge in [0.2, 0.25) is 11.8 Å². The molecule has 0 atom stereocenters. The predicted octanol–water partition coefficient (Wildman–Crippen LogP) is 2.62. The number of hydrogen-bond donors (Lipinski definition) is 2. The number of nitrogens with one attached hydrogen (secondary N) is 2. The zero-order chi connectivity index (χ0) is 14.7. The van der Waals surface area contributed by atoms with Gasteiger partial charge in [-0.05, 0) is 25.1 Å². The summed E-state index contributed by atoms with van der Waals surface area (Å²) in [6.45, 7) is 1.51. The first-order valence-electron chi connectivity index (χ1n) is 5.74. The molecule has 2 rings (SSSR count). The smallest absolute Gasteiger partial charge is 0.332 e. The second-order valence-electron chi connectivity index (χ2n) is 3.97. The minimum Gasteiger partial charge on any atom is -0.357 e. The molecule has 0 saturated heterocycles. The third kappa shape index (κ3) is 2.79. The van der Waals surface area contributed by atoms with Gasteiger partial charge in [-0.1, -0.05) is 6.07 Å². The fourth-order valence-electron chi connectivity index (χ4n) is 1.69. The van der Waals surface area contributed by atoms with Crippen LogP contribution in [0.3, 0.4) is 0 Å². The average molecular weight is 277 g/mol. The van der Waals surface area contributed by atoms with E-state index in [1.54, 1.807) is 13.1 Å². The Morgan fingerprint density at radius 1 is 1.35 bits per heavy atom. The van der Waals surface area contributed by atoms with E-state index in [4.69, 9.17) is 0 Å². The van der Waals surface area contributed by atoms with Gasteiger partial charge in [-0.3, -0.25) is 10.1 Å². The Balaban J connectivity index is 2.48. The van der Waals surface area contributed by atoms with Gasteiger partial charge in [0.05, 0.1) is 4.92 Å². The molecule has 0 unspecified atom stereocenters. The van der Waals surface area contributed by atoms with Crippen LogP contribution < -0.4 is 10.6 Å². The van der Waals surface area contributed by atoms with Gasteiger partial charge in [0.15, 0.2) is 0 Å². The fourth-order valence-corrected chi connectivity index (χ4v) is 1.69. The molecule has 8 heteroatoms. The summed E-state index contributed by atoms with van der Waals surface area (Å²) in [4.78, 5) is 18.5. The van der Waals surface area contributed by atoms with Crippen LogP contribution in [0.25, 0.3) is 0 Å². The van der Waals surface area contributed by atoms with Crippen molar-refractivity contribution in [3.05, 3.63) is 45.9 Å². The molecule has 0 spiro atoms. The van der Waals surface area contributed by atoms with Crippen LogP contribution in [-0.4, -0.2) is 21.9 Å². The van der Waals surface area contributed by atoms with Crippen molar-refractivity contribution >= 4 is 23.1 Å². The number of halogens is 1. The fraction of sp³-hybridized carbons (Fsp3) is 0.167. The number of nitro groups is 1. The van der Waals surface area contributed by atoms with Gasteiger partial charge in [0.25, 0.3) is 0 Å².